The zero-order valence-electron chi connectivity index (χ0n) is 19.4. The number of hydrogen-bond donors (Lipinski definition) is 0. The van der Waals surface area contributed by atoms with Crippen LogP contribution in [0.2, 0.25) is 0 Å². The number of hydrogen-bond acceptors (Lipinski definition) is 0. The van der Waals surface area contributed by atoms with E-state index < -0.39 is 27.4 Å². The molecule has 0 aromatic heterocycles. The van der Waals surface area contributed by atoms with Crippen molar-refractivity contribution < 1.29 is 17.9 Å². The van der Waals surface area contributed by atoms with Gasteiger partial charge in [-0.15, -0.1) is 0 Å². The Morgan fingerprint density at radius 1 is 0.824 bits per heavy atom. The van der Waals surface area contributed by atoms with Gasteiger partial charge < -0.3 is 0 Å². The van der Waals surface area contributed by atoms with Crippen molar-refractivity contribution in [2.75, 3.05) is 0 Å². The van der Waals surface area contributed by atoms with Crippen LogP contribution in [0, 0.1) is 0 Å². The molecule has 34 heavy (non-hydrogen) atoms. The van der Waals surface area contributed by atoms with Gasteiger partial charge in [-0.2, -0.15) is 0 Å². The Kier molecular flexibility index (Phi) is 5.85. The standard InChI is InChI=1S/C18H17.C12H9Si.2ClH.Zr/c1-3-14-9-10-16-11-13(2)12-17(16)18(14)15-7-5-4-6-8-15;1-3-7-11-9(5-1)10-6-2-4-8-12(10)13-11;;;/h4-12H,3H2,1-2H3;1-7H,13H2;2*1H;/q;;;;+2/p-2. The number of allylic oxidation sites excluding steroid dienone is 1. The Hall–Kier alpha value is -1.70. The maximum absolute atomic E-state index is 7.65. The topological polar surface area (TPSA) is 0 Å². The van der Waals surface area contributed by atoms with Crippen LogP contribution in [0.5, 0.6) is 0 Å². The number of rotatable bonds is 4. The van der Waals surface area contributed by atoms with Gasteiger partial charge in [-0.1, -0.05) is 0 Å². The van der Waals surface area contributed by atoms with Gasteiger partial charge in [0.1, 0.15) is 0 Å². The third-order valence-electron chi connectivity index (χ3n) is 7.52. The van der Waals surface area contributed by atoms with E-state index in [9.17, 15) is 0 Å². The fraction of sp³-hybridized carbons (Fsp3) is 0.133. The first-order valence-corrected chi connectivity index (χ1v) is 22.4. The van der Waals surface area contributed by atoms with E-state index in [-0.39, 0.29) is 3.63 Å². The number of benzene rings is 4. The van der Waals surface area contributed by atoms with Crippen LogP contribution in [0.25, 0.3) is 28.3 Å². The quantitative estimate of drug-likeness (QED) is 0.222. The second kappa shape index (κ2) is 8.75. The van der Waals surface area contributed by atoms with E-state index in [0.29, 0.717) is 0 Å². The van der Waals surface area contributed by atoms with Gasteiger partial charge in [0.05, 0.1) is 0 Å². The summed E-state index contributed by atoms with van der Waals surface area (Å²) in [5, 5.41) is 3.00. The summed E-state index contributed by atoms with van der Waals surface area (Å²) in [4.78, 5) is 0. The number of aryl methyl sites for hydroxylation is 1. The summed E-state index contributed by atoms with van der Waals surface area (Å²) in [5.74, 6) is 0. The van der Waals surface area contributed by atoms with Crippen molar-refractivity contribution in [3.05, 3.63) is 107 Å². The summed E-state index contributed by atoms with van der Waals surface area (Å²) in [5.41, 5.74) is 10.7. The predicted octanol–water partition coefficient (Wildman–Crippen LogP) is 6.26. The molecule has 4 heteroatoms. The van der Waals surface area contributed by atoms with E-state index in [1.54, 1.807) is 0 Å². The van der Waals surface area contributed by atoms with Crippen molar-refractivity contribution in [1.29, 1.82) is 0 Å². The van der Waals surface area contributed by atoms with E-state index >= 15 is 0 Å². The molecule has 168 valence electrons. The van der Waals surface area contributed by atoms with Gasteiger partial charge in [-0.3, -0.25) is 0 Å². The number of fused-ring (bicyclic) bond motifs is 4. The Morgan fingerprint density at radius 3 is 2.35 bits per heavy atom. The Balaban J connectivity index is 1.51. The molecule has 4 aromatic rings. The molecule has 1 aliphatic carbocycles. The zero-order chi connectivity index (χ0) is 23.4. The van der Waals surface area contributed by atoms with Gasteiger partial charge >= 0.3 is 217 Å². The molecule has 2 aliphatic rings. The molecule has 0 nitrogen and oxygen atoms in total. The predicted molar refractivity (Wildman–Crippen MR) is 149 cm³/mol. The van der Waals surface area contributed by atoms with Crippen molar-refractivity contribution in [3.63, 3.8) is 0 Å². The minimum atomic E-state index is -3.85. The minimum absolute atomic E-state index is 0.130. The first-order valence-electron chi connectivity index (χ1n) is 12.0. The Labute approximate surface area is 216 Å². The van der Waals surface area contributed by atoms with Crippen LogP contribution in [0.1, 0.15) is 34.2 Å². The summed E-state index contributed by atoms with van der Waals surface area (Å²) >= 11 is -3.85. The molecule has 0 saturated carbocycles. The fourth-order valence-corrected chi connectivity index (χ4v) is 23.1. The average Bonchev–Trinajstić information content (AvgIpc) is 3.40. The molecule has 1 heterocycles. The molecule has 6 rings (SSSR count). The summed E-state index contributed by atoms with van der Waals surface area (Å²) in [6.07, 6.45) is 3.37. The third-order valence-corrected chi connectivity index (χ3v) is 22.1. The van der Waals surface area contributed by atoms with Crippen molar-refractivity contribution in [1.82, 2.24) is 0 Å². The average molecular weight is 577 g/mol. The van der Waals surface area contributed by atoms with Crippen LogP contribution in [0.4, 0.5) is 0 Å². The van der Waals surface area contributed by atoms with Crippen molar-refractivity contribution >= 4 is 46.3 Å². The van der Waals surface area contributed by atoms with Crippen LogP contribution < -0.4 is 13.6 Å². The molecule has 1 atom stereocenters. The zero-order valence-corrected chi connectivity index (χ0v) is 24.8. The van der Waals surface area contributed by atoms with Crippen molar-refractivity contribution in [2.24, 2.45) is 0 Å². The van der Waals surface area contributed by atoms with E-state index in [1.807, 2.05) is 0 Å². The van der Waals surface area contributed by atoms with Crippen molar-refractivity contribution in [2.45, 2.75) is 23.9 Å². The molecule has 0 saturated heterocycles. The molecular weight excluding hydrogens is 551 g/mol. The van der Waals surface area contributed by atoms with Crippen LogP contribution in [-0.4, -0.2) is 9.52 Å². The van der Waals surface area contributed by atoms with E-state index in [4.69, 9.17) is 17.0 Å². The Morgan fingerprint density at radius 2 is 1.56 bits per heavy atom. The molecule has 0 bridgehead atoms. The summed E-state index contributed by atoms with van der Waals surface area (Å²) < 4.78 is 1.43. The molecular formula is C30H26Cl2SiZr. The van der Waals surface area contributed by atoms with Gasteiger partial charge in [0.2, 0.25) is 0 Å². The first-order chi connectivity index (χ1) is 16.5. The van der Waals surface area contributed by atoms with Gasteiger partial charge in [0.25, 0.3) is 0 Å². The van der Waals surface area contributed by atoms with Gasteiger partial charge in [-0.05, 0) is 0 Å². The molecule has 0 spiro atoms. The molecule has 4 aromatic carbocycles. The van der Waals surface area contributed by atoms with Gasteiger partial charge in [-0.25, -0.2) is 0 Å². The second-order valence-corrected chi connectivity index (χ2v) is 25.3. The van der Waals surface area contributed by atoms with Gasteiger partial charge in [0, 0.05) is 0 Å². The molecule has 0 amide bonds. The monoisotopic (exact) mass is 574 g/mol. The molecule has 0 radical (unpaired) electrons. The summed E-state index contributed by atoms with van der Waals surface area (Å²) in [6.45, 7) is 4.47. The van der Waals surface area contributed by atoms with Crippen LogP contribution in [0.15, 0.2) is 90.5 Å². The van der Waals surface area contributed by atoms with Crippen molar-refractivity contribution in [3.8, 4) is 22.3 Å². The molecule has 0 N–H and O–H groups in total. The number of halogens is 2. The molecule has 0 fully saturated rings. The maximum atomic E-state index is 7.65. The third kappa shape index (κ3) is 3.49. The summed E-state index contributed by atoms with van der Waals surface area (Å²) in [6, 6.07) is 30.9. The summed E-state index contributed by atoms with van der Waals surface area (Å²) in [7, 11) is 14.7. The normalized spacial score (nSPS) is 16.8. The fourth-order valence-electron chi connectivity index (χ4n) is 5.99. The molecule has 1 aliphatic heterocycles. The van der Waals surface area contributed by atoms with E-state index in [2.05, 4.69) is 105 Å². The molecule has 1 unspecified atom stereocenters. The van der Waals surface area contributed by atoms with Crippen LogP contribution >= 0.6 is 17.0 Å². The second-order valence-electron chi connectivity index (χ2n) is 9.43. The van der Waals surface area contributed by atoms with Gasteiger partial charge in [0.15, 0.2) is 0 Å². The Bertz CT molecular complexity index is 1460. The first kappa shape index (κ1) is 22.7. The van der Waals surface area contributed by atoms with Crippen LogP contribution in [0.3, 0.4) is 0 Å². The SMILES string of the molecule is CCc1ccc2c(c1-c1ccccc1)C=C(C)[CH]2[Zr]([Cl])([Cl])[c]1cccc2c1[SiH2]c1ccccc1-2. The van der Waals surface area contributed by atoms with E-state index in [0.717, 1.165) is 6.42 Å². The van der Waals surface area contributed by atoms with E-state index in [1.165, 1.54) is 58.2 Å². The van der Waals surface area contributed by atoms with Crippen LogP contribution in [-0.2, 0) is 24.3 Å².